The van der Waals surface area contributed by atoms with Crippen LogP contribution in [0, 0.1) is 13.8 Å². The molecule has 0 bridgehead atoms. The number of benzene rings is 2. The van der Waals surface area contributed by atoms with E-state index in [1.54, 1.807) is 0 Å². The first-order valence-electron chi connectivity index (χ1n) is 8.22. The fourth-order valence-corrected chi connectivity index (χ4v) is 2.45. The van der Waals surface area contributed by atoms with Crippen LogP contribution in [0.2, 0.25) is 0 Å². The van der Waals surface area contributed by atoms with Gasteiger partial charge in [-0.25, -0.2) is 0 Å². The molecule has 0 spiro atoms. The van der Waals surface area contributed by atoms with E-state index in [-0.39, 0.29) is 0 Å². The molecule has 0 aliphatic rings. The fraction of sp³-hybridized carbons (Fsp3) is 0.400. The van der Waals surface area contributed by atoms with E-state index in [9.17, 15) is 0 Å². The zero-order valence-electron chi connectivity index (χ0n) is 14.0. The molecular weight excluding hydrogens is 270 g/mol. The van der Waals surface area contributed by atoms with Crippen LogP contribution < -0.4 is 10.1 Å². The van der Waals surface area contributed by atoms with Crippen molar-refractivity contribution >= 4 is 5.69 Å². The summed E-state index contributed by atoms with van der Waals surface area (Å²) in [6.07, 6.45) is 3.59. The molecule has 118 valence electrons. The molecule has 0 fully saturated rings. The lowest BCUT2D eigenvalue weighted by atomic mass is 10.1. The van der Waals surface area contributed by atoms with Gasteiger partial charge in [-0.2, -0.15) is 0 Å². The van der Waals surface area contributed by atoms with Crippen LogP contribution in [0.5, 0.6) is 5.75 Å². The maximum Gasteiger partial charge on any atom is 0.119 e. The summed E-state index contributed by atoms with van der Waals surface area (Å²) in [6, 6.07) is 14.9. The van der Waals surface area contributed by atoms with Crippen LogP contribution >= 0.6 is 0 Å². The molecule has 0 aliphatic heterocycles. The first-order chi connectivity index (χ1) is 10.7. The van der Waals surface area contributed by atoms with Crippen molar-refractivity contribution < 1.29 is 4.74 Å². The monoisotopic (exact) mass is 297 g/mol. The standard InChI is InChI=1S/C20H27NO/c1-4-5-6-13-22-19-10-8-18(9-11-19)15-21-20-12-7-16(2)14-17(20)3/h7-12,14,21H,4-6,13,15H2,1-3H3. The largest absolute Gasteiger partial charge is 0.494 e. The van der Waals surface area contributed by atoms with Gasteiger partial charge in [0.05, 0.1) is 6.61 Å². The van der Waals surface area contributed by atoms with Gasteiger partial charge >= 0.3 is 0 Å². The number of ether oxygens (including phenoxy) is 1. The van der Waals surface area contributed by atoms with Gasteiger partial charge in [0.2, 0.25) is 0 Å². The van der Waals surface area contributed by atoms with E-state index in [1.165, 1.54) is 35.2 Å². The highest BCUT2D eigenvalue weighted by Gasteiger charge is 1.99. The summed E-state index contributed by atoms with van der Waals surface area (Å²) in [5.41, 5.74) is 5.05. The van der Waals surface area contributed by atoms with Crippen LogP contribution in [0.4, 0.5) is 5.69 Å². The number of anilines is 1. The van der Waals surface area contributed by atoms with Crippen LogP contribution in [-0.2, 0) is 6.54 Å². The number of aryl methyl sites for hydroxylation is 2. The highest BCUT2D eigenvalue weighted by Crippen LogP contribution is 2.18. The average Bonchev–Trinajstić information content (AvgIpc) is 2.52. The quantitative estimate of drug-likeness (QED) is 0.651. The van der Waals surface area contributed by atoms with Crippen molar-refractivity contribution in [3.8, 4) is 5.75 Å². The highest BCUT2D eigenvalue weighted by atomic mass is 16.5. The van der Waals surface area contributed by atoms with Gasteiger partial charge < -0.3 is 10.1 Å². The Morgan fingerprint density at radius 2 is 1.73 bits per heavy atom. The smallest absolute Gasteiger partial charge is 0.119 e. The predicted molar refractivity (Wildman–Crippen MR) is 94.7 cm³/mol. The molecule has 2 aromatic carbocycles. The Morgan fingerprint density at radius 3 is 2.41 bits per heavy atom. The van der Waals surface area contributed by atoms with Gasteiger partial charge in [0.25, 0.3) is 0 Å². The van der Waals surface area contributed by atoms with Crippen molar-refractivity contribution in [2.75, 3.05) is 11.9 Å². The third kappa shape index (κ3) is 5.10. The molecule has 0 heterocycles. The zero-order valence-corrected chi connectivity index (χ0v) is 14.0. The van der Waals surface area contributed by atoms with Gasteiger partial charge in [-0.15, -0.1) is 0 Å². The summed E-state index contributed by atoms with van der Waals surface area (Å²) in [5.74, 6) is 0.964. The number of rotatable bonds is 8. The lowest BCUT2D eigenvalue weighted by Crippen LogP contribution is -2.01. The van der Waals surface area contributed by atoms with Crippen molar-refractivity contribution in [1.29, 1.82) is 0 Å². The predicted octanol–water partition coefficient (Wildman–Crippen LogP) is 5.48. The van der Waals surface area contributed by atoms with E-state index in [0.717, 1.165) is 25.3 Å². The van der Waals surface area contributed by atoms with Gasteiger partial charge in [0.1, 0.15) is 5.75 Å². The molecular formula is C20H27NO. The van der Waals surface area contributed by atoms with Gasteiger partial charge in [-0.05, 0) is 49.6 Å². The highest BCUT2D eigenvalue weighted by molar-refractivity contribution is 5.52. The van der Waals surface area contributed by atoms with Crippen LogP contribution in [0.15, 0.2) is 42.5 Å². The molecule has 2 rings (SSSR count). The SMILES string of the molecule is CCCCCOc1ccc(CNc2ccc(C)cc2C)cc1. The third-order valence-electron chi connectivity index (χ3n) is 3.80. The summed E-state index contributed by atoms with van der Waals surface area (Å²) < 4.78 is 5.74. The molecule has 0 aromatic heterocycles. The second kappa shape index (κ2) is 8.47. The fourth-order valence-electron chi connectivity index (χ4n) is 2.45. The molecule has 0 unspecified atom stereocenters. The number of unbranched alkanes of at least 4 members (excludes halogenated alkanes) is 2. The molecule has 0 aliphatic carbocycles. The molecule has 2 aromatic rings. The lowest BCUT2D eigenvalue weighted by molar-refractivity contribution is 0.306. The molecule has 2 heteroatoms. The van der Waals surface area contributed by atoms with Crippen molar-refractivity contribution in [3.63, 3.8) is 0 Å². The molecule has 22 heavy (non-hydrogen) atoms. The Bertz CT molecular complexity index is 575. The molecule has 0 atom stereocenters. The minimum absolute atomic E-state index is 0.813. The van der Waals surface area contributed by atoms with Gasteiger partial charge in [0, 0.05) is 12.2 Å². The third-order valence-corrected chi connectivity index (χ3v) is 3.80. The van der Waals surface area contributed by atoms with Gasteiger partial charge in [-0.1, -0.05) is 49.6 Å². The van der Waals surface area contributed by atoms with Crippen LogP contribution in [0.25, 0.3) is 0 Å². The average molecular weight is 297 g/mol. The summed E-state index contributed by atoms with van der Waals surface area (Å²) in [4.78, 5) is 0. The van der Waals surface area contributed by atoms with E-state index >= 15 is 0 Å². The number of hydrogen-bond donors (Lipinski definition) is 1. The van der Waals surface area contributed by atoms with E-state index in [4.69, 9.17) is 4.74 Å². The first-order valence-corrected chi connectivity index (χ1v) is 8.22. The summed E-state index contributed by atoms with van der Waals surface area (Å²) >= 11 is 0. The number of hydrogen-bond acceptors (Lipinski definition) is 2. The topological polar surface area (TPSA) is 21.3 Å². The van der Waals surface area contributed by atoms with Crippen molar-refractivity contribution in [2.24, 2.45) is 0 Å². The van der Waals surface area contributed by atoms with Crippen LogP contribution in [0.3, 0.4) is 0 Å². The maximum atomic E-state index is 5.74. The Balaban J connectivity index is 1.83. The van der Waals surface area contributed by atoms with Crippen molar-refractivity contribution in [1.82, 2.24) is 0 Å². The minimum Gasteiger partial charge on any atom is -0.494 e. The van der Waals surface area contributed by atoms with E-state index in [1.807, 2.05) is 0 Å². The van der Waals surface area contributed by atoms with Crippen molar-refractivity contribution in [3.05, 3.63) is 59.2 Å². The minimum atomic E-state index is 0.813. The second-order valence-corrected chi connectivity index (χ2v) is 5.87. The normalized spacial score (nSPS) is 10.5. The Kier molecular flexibility index (Phi) is 6.32. The molecule has 0 radical (unpaired) electrons. The second-order valence-electron chi connectivity index (χ2n) is 5.87. The zero-order chi connectivity index (χ0) is 15.8. The van der Waals surface area contributed by atoms with E-state index < -0.39 is 0 Å². The summed E-state index contributed by atoms with van der Waals surface area (Å²) in [6.45, 7) is 8.12. The maximum absolute atomic E-state index is 5.74. The number of nitrogens with one attached hydrogen (secondary N) is 1. The molecule has 1 N–H and O–H groups in total. The Labute approximate surface area is 134 Å². The molecule has 0 saturated carbocycles. The summed E-state index contributed by atoms with van der Waals surface area (Å²) in [5, 5.41) is 3.49. The van der Waals surface area contributed by atoms with Crippen LogP contribution in [-0.4, -0.2) is 6.61 Å². The first kappa shape index (κ1) is 16.4. The van der Waals surface area contributed by atoms with Crippen molar-refractivity contribution in [2.45, 2.75) is 46.6 Å². The Morgan fingerprint density at radius 1 is 0.955 bits per heavy atom. The van der Waals surface area contributed by atoms with Gasteiger partial charge in [-0.3, -0.25) is 0 Å². The van der Waals surface area contributed by atoms with E-state index in [0.29, 0.717) is 0 Å². The lowest BCUT2D eigenvalue weighted by Gasteiger charge is -2.11. The molecule has 0 saturated heterocycles. The Hall–Kier alpha value is -1.96. The van der Waals surface area contributed by atoms with Gasteiger partial charge in [0.15, 0.2) is 0 Å². The summed E-state index contributed by atoms with van der Waals surface area (Å²) in [7, 11) is 0. The van der Waals surface area contributed by atoms with E-state index in [2.05, 4.69) is 68.6 Å². The molecule has 2 nitrogen and oxygen atoms in total. The van der Waals surface area contributed by atoms with Crippen LogP contribution in [0.1, 0.15) is 42.9 Å². The molecule has 0 amide bonds.